The lowest BCUT2D eigenvalue weighted by Gasteiger charge is -2.21. The summed E-state index contributed by atoms with van der Waals surface area (Å²) in [5.74, 6) is 0.504. The van der Waals surface area contributed by atoms with E-state index in [9.17, 15) is 4.79 Å². The Hall–Kier alpha value is -0.490. The summed E-state index contributed by atoms with van der Waals surface area (Å²) in [6, 6.07) is 0. The Kier molecular flexibility index (Phi) is 10.8. The van der Waals surface area contributed by atoms with Crippen LogP contribution < -0.4 is 5.32 Å². The topological polar surface area (TPSA) is 56.8 Å². The highest BCUT2D eigenvalue weighted by Gasteiger charge is 2.21. The van der Waals surface area contributed by atoms with Crippen molar-refractivity contribution in [3.05, 3.63) is 0 Å². The van der Waals surface area contributed by atoms with Gasteiger partial charge in [0.2, 0.25) is 0 Å². The van der Waals surface area contributed by atoms with Crippen LogP contribution in [-0.4, -0.2) is 58.5 Å². The minimum Gasteiger partial charge on any atom is -0.379 e. The quantitative estimate of drug-likeness (QED) is 0.550. The van der Waals surface area contributed by atoms with Crippen LogP contribution in [0.2, 0.25) is 0 Å². The van der Waals surface area contributed by atoms with E-state index >= 15 is 0 Å². The number of hydrogen-bond acceptors (Lipinski definition) is 5. The van der Waals surface area contributed by atoms with Gasteiger partial charge in [-0.05, 0) is 12.8 Å². The summed E-state index contributed by atoms with van der Waals surface area (Å²) in [5, 5.41) is 3.24. The minimum atomic E-state index is 0.136. The lowest BCUT2D eigenvalue weighted by molar-refractivity contribution is -0.124. The van der Waals surface area contributed by atoms with Gasteiger partial charge in [0, 0.05) is 38.6 Å². The zero-order chi connectivity index (χ0) is 14.5. The summed E-state index contributed by atoms with van der Waals surface area (Å²) < 4.78 is 16.3. The highest BCUT2D eigenvalue weighted by molar-refractivity contribution is 5.82. The van der Waals surface area contributed by atoms with Gasteiger partial charge in [0.1, 0.15) is 5.78 Å². The maximum Gasteiger partial charge on any atom is 0.138 e. The molecule has 0 aromatic carbocycles. The molecule has 1 saturated heterocycles. The van der Waals surface area contributed by atoms with E-state index in [2.05, 4.69) is 12.2 Å². The second-order valence-electron chi connectivity index (χ2n) is 5.10. The Balaban J connectivity index is 1.79. The van der Waals surface area contributed by atoms with Crippen LogP contribution in [0, 0.1) is 5.92 Å². The number of ether oxygens (including phenoxy) is 3. The third-order valence-electron chi connectivity index (χ3n) is 3.39. The fourth-order valence-corrected chi connectivity index (χ4v) is 2.08. The average Bonchev–Trinajstić information content (AvgIpc) is 2.46. The summed E-state index contributed by atoms with van der Waals surface area (Å²) in [5.41, 5.74) is 0. The summed E-state index contributed by atoms with van der Waals surface area (Å²) in [6.07, 6.45) is 3.74. The van der Waals surface area contributed by atoms with Crippen molar-refractivity contribution in [3.8, 4) is 0 Å². The van der Waals surface area contributed by atoms with Crippen molar-refractivity contribution in [1.82, 2.24) is 5.32 Å². The first-order valence-corrected chi connectivity index (χ1v) is 7.81. The molecule has 0 radical (unpaired) electrons. The van der Waals surface area contributed by atoms with Crippen LogP contribution in [0.3, 0.4) is 0 Å². The SMILES string of the molecule is CCCCOCCOCCOCCC1CNCCC1=O. The first kappa shape index (κ1) is 17.6. The van der Waals surface area contributed by atoms with Crippen LogP contribution in [0.1, 0.15) is 32.6 Å². The predicted octanol–water partition coefficient (Wildman–Crippen LogP) is 1.40. The lowest BCUT2D eigenvalue weighted by Crippen LogP contribution is -2.37. The molecule has 5 heteroatoms. The van der Waals surface area contributed by atoms with Crippen LogP contribution in [0.15, 0.2) is 0 Å². The van der Waals surface area contributed by atoms with E-state index in [1.165, 1.54) is 0 Å². The number of piperidine rings is 1. The van der Waals surface area contributed by atoms with E-state index in [4.69, 9.17) is 14.2 Å². The lowest BCUT2D eigenvalue weighted by atomic mass is 9.95. The Morgan fingerprint density at radius 2 is 1.70 bits per heavy atom. The van der Waals surface area contributed by atoms with E-state index in [1.807, 2.05) is 0 Å². The van der Waals surface area contributed by atoms with Gasteiger partial charge in [-0.15, -0.1) is 0 Å². The van der Waals surface area contributed by atoms with Gasteiger partial charge in [-0.1, -0.05) is 13.3 Å². The maximum absolute atomic E-state index is 11.6. The molecular formula is C15H29NO4. The summed E-state index contributed by atoms with van der Waals surface area (Å²) in [7, 11) is 0. The summed E-state index contributed by atoms with van der Waals surface area (Å²) in [4.78, 5) is 11.6. The number of rotatable bonds is 12. The Morgan fingerprint density at radius 1 is 1.05 bits per heavy atom. The number of ketones is 1. The first-order valence-electron chi connectivity index (χ1n) is 7.81. The van der Waals surface area contributed by atoms with Gasteiger partial charge < -0.3 is 19.5 Å². The van der Waals surface area contributed by atoms with E-state index in [0.29, 0.717) is 45.2 Å². The molecule has 20 heavy (non-hydrogen) atoms. The Labute approximate surface area is 122 Å². The van der Waals surface area contributed by atoms with Gasteiger partial charge in [-0.25, -0.2) is 0 Å². The molecule has 0 aromatic rings. The van der Waals surface area contributed by atoms with Gasteiger partial charge >= 0.3 is 0 Å². The predicted molar refractivity (Wildman–Crippen MR) is 78.0 cm³/mol. The van der Waals surface area contributed by atoms with Crippen LogP contribution in [0.5, 0.6) is 0 Å². The molecule has 0 saturated carbocycles. The second-order valence-corrected chi connectivity index (χ2v) is 5.10. The van der Waals surface area contributed by atoms with Crippen molar-refractivity contribution >= 4 is 5.78 Å². The number of carbonyl (C=O) groups excluding carboxylic acids is 1. The van der Waals surface area contributed by atoms with Gasteiger partial charge in [0.25, 0.3) is 0 Å². The zero-order valence-corrected chi connectivity index (χ0v) is 12.7. The molecule has 1 aliphatic rings. The molecule has 0 aromatic heterocycles. The Morgan fingerprint density at radius 3 is 2.35 bits per heavy atom. The molecule has 1 fully saturated rings. The minimum absolute atomic E-state index is 0.136. The van der Waals surface area contributed by atoms with Crippen LogP contribution in [0.25, 0.3) is 0 Å². The largest absolute Gasteiger partial charge is 0.379 e. The molecule has 0 bridgehead atoms. The van der Waals surface area contributed by atoms with Crippen molar-refractivity contribution < 1.29 is 19.0 Å². The Bertz CT molecular complexity index is 248. The number of nitrogens with one attached hydrogen (secondary N) is 1. The van der Waals surface area contributed by atoms with Gasteiger partial charge in [-0.3, -0.25) is 4.79 Å². The molecule has 5 nitrogen and oxygen atoms in total. The molecule has 0 amide bonds. The van der Waals surface area contributed by atoms with Gasteiger partial charge in [0.05, 0.1) is 26.4 Å². The maximum atomic E-state index is 11.6. The standard InChI is InChI=1S/C15H29NO4/c1-2-3-7-18-9-11-20-12-10-19-8-5-14-13-16-6-4-15(14)17/h14,16H,2-13H2,1H3. The average molecular weight is 287 g/mol. The van der Waals surface area contributed by atoms with Crippen molar-refractivity contribution in [2.24, 2.45) is 5.92 Å². The van der Waals surface area contributed by atoms with E-state index in [1.54, 1.807) is 0 Å². The molecule has 1 N–H and O–H groups in total. The van der Waals surface area contributed by atoms with Crippen LogP contribution >= 0.6 is 0 Å². The molecule has 118 valence electrons. The van der Waals surface area contributed by atoms with Crippen molar-refractivity contribution in [2.45, 2.75) is 32.6 Å². The fourth-order valence-electron chi connectivity index (χ4n) is 2.08. The molecule has 1 unspecified atom stereocenters. The zero-order valence-electron chi connectivity index (χ0n) is 12.7. The highest BCUT2D eigenvalue weighted by Crippen LogP contribution is 2.10. The smallest absolute Gasteiger partial charge is 0.138 e. The number of Topliss-reactive ketones (excluding diaryl/α,β-unsaturated/α-hetero) is 1. The van der Waals surface area contributed by atoms with E-state index in [0.717, 1.165) is 39.0 Å². The fraction of sp³-hybridized carbons (Fsp3) is 0.933. The van der Waals surface area contributed by atoms with Crippen molar-refractivity contribution in [1.29, 1.82) is 0 Å². The van der Waals surface area contributed by atoms with Gasteiger partial charge in [-0.2, -0.15) is 0 Å². The van der Waals surface area contributed by atoms with E-state index < -0.39 is 0 Å². The third kappa shape index (κ3) is 8.64. The number of unbranched alkanes of at least 4 members (excludes halogenated alkanes) is 1. The molecule has 1 aliphatic heterocycles. The molecular weight excluding hydrogens is 258 g/mol. The molecule has 0 aliphatic carbocycles. The summed E-state index contributed by atoms with van der Waals surface area (Å²) >= 11 is 0. The monoisotopic (exact) mass is 287 g/mol. The van der Waals surface area contributed by atoms with Gasteiger partial charge in [0.15, 0.2) is 0 Å². The molecule has 0 spiro atoms. The molecule has 1 atom stereocenters. The highest BCUT2D eigenvalue weighted by atomic mass is 16.5. The number of hydrogen-bond donors (Lipinski definition) is 1. The first-order chi connectivity index (χ1) is 9.84. The van der Waals surface area contributed by atoms with Crippen LogP contribution in [0.4, 0.5) is 0 Å². The second kappa shape index (κ2) is 12.3. The van der Waals surface area contributed by atoms with Crippen molar-refractivity contribution in [2.75, 3.05) is 52.7 Å². The van der Waals surface area contributed by atoms with Crippen molar-refractivity contribution in [3.63, 3.8) is 0 Å². The van der Waals surface area contributed by atoms with Crippen LogP contribution in [-0.2, 0) is 19.0 Å². The normalized spacial score (nSPS) is 19.4. The number of carbonyl (C=O) groups is 1. The molecule has 1 heterocycles. The van der Waals surface area contributed by atoms with E-state index in [-0.39, 0.29) is 5.92 Å². The summed E-state index contributed by atoms with van der Waals surface area (Å²) in [6.45, 7) is 7.68. The third-order valence-corrected chi connectivity index (χ3v) is 3.39. The molecule has 1 rings (SSSR count).